The van der Waals surface area contributed by atoms with Crippen LogP contribution in [0.5, 0.6) is 0 Å². The second-order valence-corrected chi connectivity index (χ2v) is 13.7. The van der Waals surface area contributed by atoms with Crippen LogP contribution >= 0.6 is 0 Å². The average Bonchev–Trinajstić information content (AvgIpc) is 3.11. The first-order chi connectivity index (χ1) is 24.4. The van der Waals surface area contributed by atoms with E-state index in [1.54, 1.807) is 0 Å². The quantitative estimate of drug-likeness (QED) is 0.0303. The molecule has 0 spiro atoms. The Bertz CT molecular complexity index is 859. The number of esters is 1. The van der Waals surface area contributed by atoms with E-state index in [2.05, 4.69) is 50.3 Å². The minimum Gasteiger partial charge on any atom is -0.457 e. The Morgan fingerprint density at radius 2 is 1.20 bits per heavy atom. The molecule has 0 aliphatic carbocycles. The molecular formula is C41H74O9. The Morgan fingerprint density at radius 3 is 1.82 bits per heavy atom. The first-order valence-corrected chi connectivity index (χ1v) is 20.1. The Balaban J connectivity index is 2.30. The van der Waals surface area contributed by atoms with Gasteiger partial charge in [0, 0.05) is 13.0 Å². The molecule has 0 bridgehead atoms. The first kappa shape index (κ1) is 46.4. The molecule has 0 amide bonds. The van der Waals surface area contributed by atoms with Crippen LogP contribution in [-0.4, -0.2) is 89.6 Å². The van der Waals surface area contributed by atoms with Gasteiger partial charge in [-0.3, -0.25) is 4.79 Å². The number of carbonyl (C=O) groups excluding carboxylic acids is 1. The molecule has 1 heterocycles. The molecule has 9 heteroatoms. The molecule has 1 aliphatic heterocycles. The first-order valence-electron chi connectivity index (χ1n) is 20.1. The van der Waals surface area contributed by atoms with Gasteiger partial charge in [0.05, 0.1) is 19.8 Å². The molecule has 0 aromatic rings. The van der Waals surface area contributed by atoms with Gasteiger partial charge in [0.15, 0.2) is 6.29 Å². The Kier molecular flexibility index (Phi) is 30.9. The van der Waals surface area contributed by atoms with E-state index >= 15 is 0 Å². The molecule has 9 nitrogen and oxygen atoms in total. The molecule has 6 unspecified atom stereocenters. The molecule has 1 saturated heterocycles. The minimum absolute atomic E-state index is 0.121. The van der Waals surface area contributed by atoms with Crippen LogP contribution in [0.15, 0.2) is 36.5 Å². The molecule has 292 valence electrons. The van der Waals surface area contributed by atoms with Crippen molar-refractivity contribution in [1.82, 2.24) is 0 Å². The third kappa shape index (κ3) is 24.6. The van der Waals surface area contributed by atoms with Crippen molar-refractivity contribution in [3.63, 3.8) is 0 Å². The van der Waals surface area contributed by atoms with Crippen molar-refractivity contribution in [2.75, 3.05) is 26.4 Å². The van der Waals surface area contributed by atoms with E-state index in [4.69, 9.17) is 18.9 Å². The van der Waals surface area contributed by atoms with E-state index in [-0.39, 0.29) is 19.2 Å². The van der Waals surface area contributed by atoms with E-state index in [0.717, 1.165) is 77.0 Å². The number of rotatable bonds is 33. The molecular weight excluding hydrogens is 636 g/mol. The van der Waals surface area contributed by atoms with Crippen molar-refractivity contribution in [2.24, 2.45) is 0 Å². The number of allylic oxidation sites excluding steroid dienone is 6. The van der Waals surface area contributed by atoms with E-state index in [0.29, 0.717) is 13.0 Å². The lowest BCUT2D eigenvalue weighted by Gasteiger charge is -2.39. The van der Waals surface area contributed by atoms with Crippen LogP contribution in [0, 0.1) is 0 Å². The molecule has 1 rings (SSSR count). The minimum atomic E-state index is -1.54. The zero-order valence-electron chi connectivity index (χ0n) is 31.6. The van der Waals surface area contributed by atoms with Crippen LogP contribution in [0.3, 0.4) is 0 Å². The number of hydrogen-bond acceptors (Lipinski definition) is 9. The number of unbranched alkanes of at least 4 members (excludes halogenated alkanes) is 16. The fourth-order valence-electron chi connectivity index (χ4n) is 5.82. The molecule has 0 saturated carbocycles. The summed E-state index contributed by atoms with van der Waals surface area (Å²) in [6, 6.07) is 0. The molecule has 0 aromatic carbocycles. The lowest BCUT2D eigenvalue weighted by molar-refractivity contribution is -0.305. The summed E-state index contributed by atoms with van der Waals surface area (Å²) < 4.78 is 22.7. The fourth-order valence-corrected chi connectivity index (χ4v) is 5.82. The third-order valence-electron chi connectivity index (χ3n) is 9.01. The van der Waals surface area contributed by atoms with Gasteiger partial charge in [-0.25, -0.2) is 0 Å². The molecule has 50 heavy (non-hydrogen) atoms. The lowest BCUT2D eigenvalue weighted by Crippen LogP contribution is -2.59. The third-order valence-corrected chi connectivity index (χ3v) is 9.01. The van der Waals surface area contributed by atoms with Gasteiger partial charge in [0.25, 0.3) is 0 Å². The van der Waals surface area contributed by atoms with Crippen molar-refractivity contribution in [3.8, 4) is 0 Å². The smallest absolute Gasteiger partial charge is 0.306 e. The molecule has 1 fully saturated rings. The Hall–Kier alpha value is -1.59. The van der Waals surface area contributed by atoms with Crippen molar-refractivity contribution >= 4 is 5.97 Å². The molecule has 4 N–H and O–H groups in total. The SMILES string of the molecule is CCC/C=C\CCCCCCCC(=O)OC(COCCCCCCCC/C=C\C/C=C\CCCCCC)COC1OC(CO)C(O)C(O)C1O. The van der Waals surface area contributed by atoms with Crippen LogP contribution in [0.2, 0.25) is 0 Å². The second-order valence-electron chi connectivity index (χ2n) is 13.7. The highest BCUT2D eigenvalue weighted by Gasteiger charge is 2.44. The predicted molar refractivity (Wildman–Crippen MR) is 201 cm³/mol. The number of hydrogen-bond donors (Lipinski definition) is 4. The monoisotopic (exact) mass is 711 g/mol. The topological polar surface area (TPSA) is 135 Å². The van der Waals surface area contributed by atoms with Crippen LogP contribution in [0.4, 0.5) is 0 Å². The highest BCUT2D eigenvalue weighted by molar-refractivity contribution is 5.69. The second kappa shape index (κ2) is 33.3. The summed E-state index contributed by atoms with van der Waals surface area (Å²) in [6.45, 7) is 4.43. The maximum absolute atomic E-state index is 12.7. The van der Waals surface area contributed by atoms with Gasteiger partial charge < -0.3 is 39.4 Å². The summed E-state index contributed by atoms with van der Waals surface area (Å²) in [5.41, 5.74) is 0. The summed E-state index contributed by atoms with van der Waals surface area (Å²) in [7, 11) is 0. The van der Waals surface area contributed by atoms with E-state index < -0.39 is 43.4 Å². The van der Waals surface area contributed by atoms with E-state index in [1.165, 1.54) is 57.8 Å². The number of carbonyl (C=O) groups is 1. The predicted octanol–water partition coefficient (Wildman–Crippen LogP) is 8.02. The molecule has 1 aliphatic rings. The molecule has 6 atom stereocenters. The van der Waals surface area contributed by atoms with E-state index in [1.807, 2.05) is 0 Å². The number of aliphatic hydroxyl groups excluding tert-OH is 4. The summed E-state index contributed by atoms with van der Waals surface area (Å²) in [4.78, 5) is 12.7. The summed E-state index contributed by atoms with van der Waals surface area (Å²) in [6.07, 6.45) is 30.3. The Labute approximate surface area is 304 Å². The average molecular weight is 711 g/mol. The lowest BCUT2D eigenvalue weighted by atomic mass is 9.99. The largest absolute Gasteiger partial charge is 0.457 e. The normalized spacial score (nSPS) is 21.9. The maximum atomic E-state index is 12.7. The summed E-state index contributed by atoms with van der Waals surface area (Å²) >= 11 is 0. The van der Waals surface area contributed by atoms with Gasteiger partial charge in [-0.1, -0.05) is 121 Å². The summed E-state index contributed by atoms with van der Waals surface area (Å²) in [5.74, 6) is -0.331. The van der Waals surface area contributed by atoms with Gasteiger partial charge in [-0.2, -0.15) is 0 Å². The Morgan fingerprint density at radius 1 is 0.640 bits per heavy atom. The number of aliphatic hydroxyl groups is 4. The highest BCUT2D eigenvalue weighted by atomic mass is 16.7. The van der Waals surface area contributed by atoms with Crippen LogP contribution in [0.25, 0.3) is 0 Å². The van der Waals surface area contributed by atoms with Crippen molar-refractivity contribution in [2.45, 2.75) is 192 Å². The van der Waals surface area contributed by atoms with Crippen LogP contribution < -0.4 is 0 Å². The van der Waals surface area contributed by atoms with Gasteiger partial charge in [0.1, 0.15) is 30.5 Å². The fraction of sp³-hybridized carbons (Fsp3) is 0.829. The molecule has 0 aromatic heterocycles. The van der Waals surface area contributed by atoms with Gasteiger partial charge in [0.2, 0.25) is 0 Å². The van der Waals surface area contributed by atoms with Crippen LogP contribution in [-0.2, 0) is 23.7 Å². The van der Waals surface area contributed by atoms with Gasteiger partial charge in [-0.15, -0.1) is 0 Å². The molecule has 0 radical (unpaired) electrons. The van der Waals surface area contributed by atoms with Crippen molar-refractivity contribution in [1.29, 1.82) is 0 Å². The van der Waals surface area contributed by atoms with E-state index in [9.17, 15) is 25.2 Å². The number of ether oxygens (including phenoxy) is 4. The zero-order chi connectivity index (χ0) is 36.5. The van der Waals surface area contributed by atoms with Crippen molar-refractivity contribution in [3.05, 3.63) is 36.5 Å². The zero-order valence-corrected chi connectivity index (χ0v) is 31.6. The standard InChI is InChI=1S/C41H74O9/c1-3-5-7-9-11-13-15-16-17-18-19-20-21-23-25-27-29-31-47-33-35(34-48-41-40(46)39(45)38(44)36(32-42)50-41)49-37(43)30-28-26-24-22-14-12-10-8-6-4-2/h8,10,13,15,17-18,35-36,38-42,44-46H,3-7,9,11-12,14,16,19-34H2,1-2H3/b10-8-,15-13-,18-17-. The highest BCUT2D eigenvalue weighted by Crippen LogP contribution is 2.22. The van der Waals surface area contributed by atoms with Gasteiger partial charge in [-0.05, 0) is 64.2 Å². The maximum Gasteiger partial charge on any atom is 0.306 e. The summed E-state index contributed by atoms with van der Waals surface area (Å²) in [5, 5.41) is 39.9. The van der Waals surface area contributed by atoms with Gasteiger partial charge >= 0.3 is 5.97 Å². The van der Waals surface area contributed by atoms with Crippen molar-refractivity contribution < 1.29 is 44.2 Å². The van der Waals surface area contributed by atoms with Crippen LogP contribution in [0.1, 0.15) is 155 Å².